The molecular weight excluding hydrogens is 280 g/mol. The standard InChI is InChI=1S/C13H16N2O6/c1-21-9-4-2-8(3-5-9)7-14-13(20)15-10(12(18)19)6-11(16)17/h2-5,10H,6-7H2,1H3,(H,16,17)(H,18,19)(H2,14,15,20). The lowest BCUT2D eigenvalue weighted by atomic mass is 10.2. The fraction of sp³-hybridized carbons (Fsp3) is 0.308. The van der Waals surface area contributed by atoms with E-state index in [9.17, 15) is 14.4 Å². The van der Waals surface area contributed by atoms with Crippen LogP contribution in [0.3, 0.4) is 0 Å². The van der Waals surface area contributed by atoms with Crippen molar-refractivity contribution in [3.05, 3.63) is 29.8 Å². The maximum absolute atomic E-state index is 11.5. The smallest absolute Gasteiger partial charge is 0.326 e. The summed E-state index contributed by atoms with van der Waals surface area (Å²) in [5.74, 6) is -2.04. The molecule has 0 heterocycles. The van der Waals surface area contributed by atoms with Crippen molar-refractivity contribution in [2.24, 2.45) is 0 Å². The van der Waals surface area contributed by atoms with Gasteiger partial charge in [-0.3, -0.25) is 4.79 Å². The van der Waals surface area contributed by atoms with E-state index in [1.54, 1.807) is 24.3 Å². The lowest BCUT2D eigenvalue weighted by Crippen LogP contribution is -2.46. The molecule has 8 nitrogen and oxygen atoms in total. The molecule has 0 radical (unpaired) electrons. The third kappa shape index (κ3) is 5.81. The van der Waals surface area contributed by atoms with Crippen molar-refractivity contribution in [2.45, 2.75) is 19.0 Å². The minimum absolute atomic E-state index is 0.176. The van der Waals surface area contributed by atoms with E-state index in [0.717, 1.165) is 5.56 Å². The first kappa shape index (κ1) is 16.3. The molecule has 8 heteroatoms. The molecule has 2 amide bonds. The number of hydrogen-bond acceptors (Lipinski definition) is 4. The SMILES string of the molecule is COc1ccc(CNC(=O)NC(CC(=O)O)C(=O)O)cc1. The van der Waals surface area contributed by atoms with Crippen LogP contribution >= 0.6 is 0 Å². The molecule has 4 N–H and O–H groups in total. The molecule has 0 aromatic heterocycles. The molecule has 0 fully saturated rings. The fourth-order valence-electron chi connectivity index (χ4n) is 1.51. The second-order valence-corrected chi connectivity index (χ2v) is 4.16. The van der Waals surface area contributed by atoms with Crippen molar-refractivity contribution in [1.82, 2.24) is 10.6 Å². The molecule has 114 valence electrons. The predicted molar refractivity (Wildman–Crippen MR) is 72.0 cm³/mol. The van der Waals surface area contributed by atoms with Gasteiger partial charge in [0, 0.05) is 6.54 Å². The van der Waals surface area contributed by atoms with Gasteiger partial charge in [-0.15, -0.1) is 0 Å². The molecular formula is C13H16N2O6. The number of benzene rings is 1. The van der Waals surface area contributed by atoms with Gasteiger partial charge in [-0.1, -0.05) is 12.1 Å². The topological polar surface area (TPSA) is 125 Å². The van der Waals surface area contributed by atoms with E-state index in [1.165, 1.54) is 7.11 Å². The van der Waals surface area contributed by atoms with Crippen molar-refractivity contribution in [1.29, 1.82) is 0 Å². The molecule has 0 aliphatic rings. The summed E-state index contributed by atoms with van der Waals surface area (Å²) < 4.78 is 4.99. The van der Waals surface area contributed by atoms with Crippen LogP contribution in [0.15, 0.2) is 24.3 Å². The molecule has 0 aliphatic heterocycles. The normalized spacial score (nSPS) is 11.3. The Morgan fingerprint density at radius 3 is 2.29 bits per heavy atom. The van der Waals surface area contributed by atoms with Crippen molar-refractivity contribution < 1.29 is 29.3 Å². The molecule has 1 aromatic rings. The molecule has 0 saturated carbocycles. The Labute approximate surface area is 120 Å². The number of aliphatic carboxylic acids is 2. The summed E-state index contributed by atoms with van der Waals surface area (Å²) in [5.41, 5.74) is 0.788. The van der Waals surface area contributed by atoms with E-state index >= 15 is 0 Å². The number of carbonyl (C=O) groups excluding carboxylic acids is 1. The van der Waals surface area contributed by atoms with Gasteiger partial charge < -0.3 is 25.6 Å². The minimum atomic E-state index is -1.47. The molecule has 1 atom stereocenters. The number of carbonyl (C=O) groups is 3. The van der Waals surface area contributed by atoms with Gasteiger partial charge in [0.1, 0.15) is 11.8 Å². The van der Waals surface area contributed by atoms with Gasteiger partial charge in [0.05, 0.1) is 13.5 Å². The number of amides is 2. The number of methoxy groups -OCH3 is 1. The van der Waals surface area contributed by atoms with Crippen LogP contribution in [0.5, 0.6) is 5.75 Å². The first-order valence-corrected chi connectivity index (χ1v) is 6.04. The molecule has 0 spiro atoms. The zero-order chi connectivity index (χ0) is 15.8. The summed E-state index contributed by atoms with van der Waals surface area (Å²) in [6.07, 6.45) is -0.689. The number of hydrogen-bond donors (Lipinski definition) is 4. The molecule has 1 aromatic carbocycles. The van der Waals surface area contributed by atoms with Crippen LogP contribution in [0.1, 0.15) is 12.0 Å². The highest BCUT2D eigenvalue weighted by atomic mass is 16.5. The van der Waals surface area contributed by atoms with Crippen molar-refractivity contribution in [3.63, 3.8) is 0 Å². The van der Waals surface area contributed by atoms with Crippen molar-refractivity contribution in [2.75, 3.05) is 7.11 Å². The Morgan fingerprint density at radius 2 is 1.81 bits per heavy atom. The Kier molecular flexibility index (Phi) is 5.99. The summed E-state index contributed by atoms with van der Waals surface area (Å²) in [6.45, 7) is 0.176. The Balaban J connectivity index is 2.48. The van der Waals surface area contributed by atoms with E-state index < -0.39 is 30.4 Å². The maximum Gasteiger partial charge on any atom is 0.326 e. The molecule has 1 unspecified atom stereocenters. The highest BCUT2D eigenvalue weighted by molar-refractivity contribution is 5.86. The van der Waals surface area contributed by atoms with E-state index in [0.29, 0.717) is 5.75 Å². The quantitative estimate of drug-likeness (QED) is 0.578. The number of rotatable bonds is 7. The highest BCUT2D eigenvalue weighted by Gasteiger charge is 2.22. The van der Waals surface area contributed by atoms with Crippen LogP contribution in [-0.4, -0.2) is 41.3 Å². The summed E-state index contributed by atoms with van der Waals surface area (Å²) >= 11 is 0. The second-order valence-electron chi connectivity index (χ2n) is 4.16. The number of ether oxygens (including phenoxy) is 1. The fourth-order valence-corrected chi connectivity index (χ4v) is 1.51. The molecule has 0 saturated heterocycles. The average Bonchev–Trinajstić information content (AvgIpc) is 2.44. The first-order chi connectivity index (χ1) is 9.92. The molecule has 1 rings (SSSR count). The van der Waals surface area contributed by atoms with Gasteiger partial charge in [0.2, 0.25) is 0 Å². The molecule has 0 bridgehead atoms. The van der Waals surface area contributed by atoms with Gasteiger partial charge in [-0.2, -0.15) is 0 Å². The summed E-state index contributed by atoms with van der Waals surface area (Å²) in [7, 11) is 1.54. The van der Waals surface area contributed by atoms with Crippen molar-refractivity contribution in [3.8, 4) is 5.75 Å². The predicted octanol–water partition coefficient (Wildman–Crippen LogP) is 0.422. The number of nitrogens with one attached hydrogen (secondary N) is 2. The van der Waals surface area contributed by atoms with Crippen LogP contribution < -0.4 is 15.4 Å². The molecule has 21 heavy (non-hydrogen) atoms. The number of carboxylic acid groups (broad SMARTS) is 2. The van der Waals surface area contributed by atoms with Crippen LogP contribution in [0.4, 0.5) is 4.79 Å². The number of urea groups is 1. The average molecular weight is 296 g/mol. The monoisotopic (exact) mass is 296 g/mol. The summed E-state index contributed by atoms with van der Waals surface area (Å²) in [5, 5.41) is 21.9. The van der Waals surface area contributed by atoms with Crippen LogP contribution in [0.2, 0.25) is 0 Å². The number of carboxylic acids is 2. The van der Waals surface area contributed by atoms with Crippen LogP contribution in [0, 0.1) is 0 Å². The van der Waals surface area contributed by atoms with E-state index in [-0.39, 0.29) is 6.54 Å². The van der Waals surface area contributed by atoms with Gasteiger partial charge in [-0.25, -0.2) is 9.59 Å². The van der Waals surface area contributed by atoms with Crippen LogP contribution in [-0.2, 0) is 16.1 Å². The Bertz CT molecular complexity index is 514. The Morgan fingerprint density at radius 1 is 1.19 bits per heavy atom. The largest absolute Gasteiger partial charge is 0.497 e. The van der Waals surface area contributed by atoms with E-state index in [4.69, 9.17) is 14.9 Å². The highest BCUT2D eigenvalue weighted by Crippen LogP contribution is 2.10. The van der Waals surface area contributed by atoms with Gasteiger partial charge in [-0.05, 0) is 17.7 Å². The van der Waals surface area contributed by atoms with Gasteiger partial charge >= 0.3 is 18.0 Å². The summed E-state index contributed by atoms with van der Waals surface area (Å²) in [6, 6.07) is 4.70. The zero-order valence-corrected chi connectivity index (χ0v) is 11.3. The van der Waals surface area contributed by atoms with Crippen molar-refractivity contribution >= 4 is 18.0 Å². The first-order valence-electron chi connectivity index (χ1n) is 6.04. The maximum atomic E-state index is 11.5. The van der Waals surface area contributed by atoms with Gasteiger partial charge in [0.15, 0.2) is 0 Å². The van der Waals surface area contributed by atoms with Crippen LogP contribution in [0.25, 0.3) is 0 Å². The lowest BCUT2D eigenvalue weighted by molar-refractivity contribution is -0.145. The lowest BCUT2D eigenvalue weighted by Gasteiger charge is -2.13. The van der Waals surface area contributed by atoms with E-state index in [1.807, 2.05) is 0 Å². The third-order valence-electron chi connectivity index (χ3n) is 2.59. The summed E-state index contributed by atoms with van der Waals surface area (Å²) in [4.78, 5) is 32.8. The molecule has 0 aliphatic carbocycles. The van der Waals surface area contributed by atoms with E-state index in [2.05, 4.69) is 10.6 Å². The minimum Gasteiger partial charge on any atom is -0.497 e. The van der Waals surface area contributed by atoms with Gasteiger partial charge in [0.25, 0.3) is 0 Å². The third-order valence-corrected chi connectivity index (χ3v) is 2.59. The second kappa shape index (κ2) is 7.73. The Hall–Kier alpha value is -2.77. The zero-order valence-electron chi connectivity index (χ0n) is 11.3.